The van der Waals surface area contributed by atoms with Crippen LogP contribution < -0.4 is 14.5 Å². The Bertz CT molecular complexity index is 1140. The number of ether oxygens (including phenoxy) is 1. The minimum Gasteiger partial charge on any atom is -0.426 e. The van der Waals surface area contributed by atoms with Crippen LogP contribution in [0.25, 0.3) is 0 Å². The lowest BCUT2D eigenvalue weighted by Gasteiger charge is -2.17. The van der Waals surface area contributed by atoms with Crippen LogP contribution in [0.15, 0.2) is 60.7 Å². The normalized spacial score (nSPS) is 24.4. The third-order valence-electron chi connectivity index (χ3n) is 6.61. The molecule has 5 rings (SSSR count). The highest BCUT2D eigenvalue weighted by Gasteiger charge is 2.48. The van der Waals surface area contributed by atoms with Crippen LogP contribution in [0.4, 0.5) is 11.4 Å². The van der Waals surface area contributed by atoms with Gasteiger partial charge in [0.2, 0.25) is 17.7 Å². The molecule has 0 N–H and O–H groups in total. The molecular weight excluding hydrogens is 420 g/mol. The fourth-order valence-corrected chi connectivity index (χ4v) is 4.78. The van der Waals surface area contributed by atoms with E-state index < -0.39 is 11.9 Å². The zero-order chi connectivity index (χ0) is 23.1. The second kappa shape index (κ2) is 8.31. The Balaban J connectivity index is 1.29. The maximum Gasteiger partial charge on any atom is 0.316 e. The van der Waals surface area contributed by atoms with Gasteiger partial charge in [-0.25, -0.2) is 4.90 Å². The van der Waals surface area contributed by atoms with E-state index in [1.165, 1.54) is 11.0 Å². The Morgan fingerprint density at radius 2 is 1.58 bits per heavy atom. The summed E-state index contributed by atoms with van der Waals surface area (Å²) in [6.45, 7) is 2.22. The molecule has 2 aliphatic heterocycles. The third kappa shape index (κ3) is 3.84. The summed E-state index contributed by atoms with van der Waals surface area (Å²) >= 11 is 0. The summed E-state index contributed by atoms with van der Waals surface area (Å²) in [5.41, 5.74) is 2.24. The van der Waals surface area contributed by atoms with E-state index in [-0.39, 0.29) is 48.3 Å². The molecule has 2 aromatic rings. The summed E-state index contributed by atoms with van der Waals surface area (Å²) < 4.78 is 5.56. The number of benzene rings is 2. The minimum atomic E-state index is -0.591. The van der Waals surface area contributed by atoms with Crippen LogP contribution in [0.5, 0.6) is 5.75 Å². The number of aryl methyl sites for hydroxylation is 1. The van der Waals surface area contributed by atoms with Gasteiger partial charge in [0.15, 0.2) is 0 Å². The molecule has 7 heteroatoms. The molecule has 0 spiro atoms. The van der Waals surface area contributed by atoms with Crippen LogP contribution in [-0.4, -0.2) is 30.2 Å². The topological polar surface area (TPSA) is 84.0 Å². The predicted octanol–water partition coefficient (Wildman–Crippen LogP) is 3.41. The van der Waals surface area contributed by atoms with Gasteiger partial charge in [0.25, 0.3) is 0 Å². The van der Waals surface area contributed by atoms with Crippen LogP contribution >= 0.6 is 0 Å². The molecule has 2 aromatic carbocycles. The third-order valence-corrected chi connectivity index (χ3v) is 6.61. The zero-order valence-electron chi connectivity index (χ0n) is 18.3. The lowest BCUT2D eigenvalue weighted by molar-refractivity contribution is -0.139. The molecule has 2 heterocycles. The van der Waals surface area contributed by atoms with E-state index in [9.17, 15) is 19.2 Å². The maximum absolute atomic E-state index is 12.8. The minimum absolute atomic E-state index is 0.0753. The number of fused-ring (bicyclic) bond motifs is 1. The molecule has 3 amide bonds. The predicted molar refractivity (Wildman–Crippen MR) is 122 cm³/mol. The monoisotopic (exact) mass is 444 g/mol. The second-order valence-corrected chi connectivity index (χ2v) is 8.83. The first-order valence-corrected chi connectivity index (χ1v) is 11.1. The van der Waals surface area contributed by atoms with Crippen molar-refractivity contribution in [1.29, 1.82) is 0 Å². The van der Waals surface area contributed by atoms with Gasteiger partial charge in [0.1, 0.15) is 5.75 Å². The van der Waals surface area contributed by atoms with Gasteiger partial charge < -0.3 is 9.64 Å². The van der Waals surface area contributed by atoms with Gasteiger partial charge in [-0.05, 0) is 44.0 Å². The smallest absolute Gasteiger partial charge is 0.316 e. The summed E-state index contributed by atoms with van der Waals surface area (Å²) in [7, 11) is 0. The average molecular weight is 444 g/mol. The molecule has 2 fully saturated rings. The van der Waals surface area contributed by atoms with Crippen LogP contribution in [-0.2, 0) is 19.2 Å². The molecule has 168 valence electrons. The molecule has 7 nitrogen and oxygen atoms in total. The van der Waals surface area contributed by atoms with E-state index in [2.05, 4.69) is 0 Å². The lowest BCUT2D eigenvalue weighted by Crippen LogP contribution is -2.31. The Labute approximate surface area is 191 Å². The number of hydrogen-bond donors (Lipinski definition) is 0. The molecule has 3 atom stereocenters. The van der Waals surface area contributed by atoms with Gasteiger partial charge >= 0.3 is 5.97 Å². The summed E-state index contributed by atoms with van der Waals surface area (Å²) in [6, 6.07) is 14.0. The van der Waals surface area contributed by atoms with Gasteiger partial charge in [0.05, 0.1) is 23.4 Å². The largest absolute Gasteiger partial charge is 0.426 e. The van der Waals surface area contributed by atoms with E-state index in [0.717, 1.165) is 11.3 Å². The number of imide groups is 1. The van der Waals surface area contributed by atoms with Crippen LogP contribution in [0.1, 0.15) is 24.8 Å². The Hall–Kier alpha value is -3.74. The summed E-state index contributed by atoms with van der Waals surface area (Å²) in [5, 5.41) is 0. The fourth-order valence-electron chi connectivity index (χ4n) is 4.78. The van der Waals surface area contributed by atoms with Crippen molar-refractivity contribution in [1.82, 2.24) is 0 Å². The van der Waals surface area contributed by atoms with E-state index in [1.807, 2.05) is 43.3 Å². The summed E-state index contributed by atoms with van der Waals surface area (Å²) in [4.78, 5) is 53.8. The van der Waals surface area contributed by atoms with Crippen molar-refractivity contribution in [2.24, 2.45) is 17.8 Å². The second-order valence-electron chi connectivity index (χ2n) is 8.83. The number of carbonyl (C=O) groups is 4. The molecule has 2 saturated heterocycles. The van der Waals surface area contributed by atoms with Crippen molar-refractivity contribution in [3.63, 3.8) is 0 Å². The van der Waals surface area contributed by atoms with E-state index >= 15 is 0 Å². The van der Waals surface area contributed by atoms with Crippen molar-refractivity contribution < 1.29 is 23.9 Å². The number of rotatable bonds is 4. The van der Waals surface area contributed by atoms with Crippen LogP contribution in [0.2, 0.25) is 0 Å². The number of anilines is 2. The van der Waals surface area contributed by atoms with Crippen molar-refractivity contribution in [2.75, 3.05) is 16.3 Å². The molecule has 0 unspecified atom stereocenters. The Kier molecular flexibility index (Phi) is 5.32. The lowest BCUT2D eigenvalue weighted by atomic mass is 9.85. The van der Waals surface area contributed by atoms with Gasteiger partial charge in [0, 0.05) is 24.7 Å². The molecule has 0 aromatic heterocycles. The number of amides is 3. The molecule has 33 heavy (non-hydrogen) atoms. The molecule has 3 aliphatic rings. The number of allylic oxidation sites excluding steroid dienone is 2. The van der Waals surface area contributed by atoms with Crippen LogP contribution in [0.3, 0.4) is 0 Å². The molecule has 1 aliphatic carbocycles. The average Bonchev–Trinajstić information content (AvgIpc) is 3.32. The first-order chi connectivity index (χ1) is 15.9. The van der Waals surface area contributed by atoms with Crippen molar-refractivity contribution >= 4 is 35.1 Å². The Morgan fingerprint density at radius 3 is 2.24 bits per heavy atom. The zero-order valence-corrected chi connectivity index (χ0v) is 18.3. The fraction of sp³-hybridized carbons (Fsp3) is 0.308. The SMILES string of the molecule is Cc1ccc(N2C[C@H](C(=O)Oc3cccc(N4C(=O)[C@@H]5CC=CC[C@H]5C4=O)c3)CC2=O)cc1. The number of nitrogens with zero attached hydrogens (tertiary/aromatic N) is 2. The summed E-state index contributed by atoms with van der Waals surface area (Å²) in [5.74, 6) is -2.07. The van der Waals surface area contributed by atoms with Gasteiger partial charge in [-0.1, -0.05) is 35.9 Å². The van der Waals surface area contributed by atoms with Gasteiger partial charge in [-0.3, -0.25) is 19.2 Å². The van der Waals surface area contributed by atoms with Crippen molar-refractivity contribution in [3.8, 4) is 5.75 Å². The molecular formula is C26H24N2O5. The van der Waals surface area contributed by atoms with Crippen molar-refractivity contribution in [3.05, 3.63) is 66.2 Å². The number of esters is 1. The maximum atomic E-state index is 12.8. The van der Waals surface area contributed by atoms with Gasteiger partial charge in [-0.2, -0.15) is 0 Å². The standard InChI is InChI=1S/C26H24N2O5/c1-16-9-11-18(12-10-16)27-15-17(13-23(27)29)26(32)33-20-6-4-5-19(14-20)28-24(30)21-7-2-3-8-22(21)25(28)31/h2-6,9-12,14,17,21-22H,7-8,13,15H2,1H3/t17-,21-,22-/m1/s1. The summed E-state index contributed by atoms with van der Waals surface area (Å²) in [6.07, 6.45) is 5.08. The number of carbonyl (C=O) groups excluding carboxylic acids is 4. The van der Waals surface area contributed by atoms with Crippen LogP contribution in [0, 0.1) is 24.7 Å². The highest BCUT2D eigenvalue weighted by atomic mass is 16.5. The first-order valence-electron chi connectivity index (χ1n) is 11.1. The molecule has 0 bridgehead atoms. The van der Waals surface area contributed by atoms with E-state index in [0.29, 0.717) is 18.5 Å². The number of hydrogen-bond acceptors (Lipinski definition) is 5. The quantitative estimate of drug-likeness (QED) is 0.312. The Morgan fingerprint density at radius 1 is 0.909 bits per heavy atom. The highest BCUT2D eigenvalue weighted by Crippen LogP contribution is 2.38. The molecule has 0 radical (unpaired) electrons. The first kappa shape index (κ1) is 21.1. The van der Waals surface area contributed by atoms with Gasteiger partial charge in [-0.15, -0.1) is 0 Å². The van der Waals surface area contributed by atoms with Crippen molar-refractivity contribution in [2.45, 2.75) is 26.2 Å². The van der Waals surface area contributed by atoms with E-state index in [4.69, 9.17) is 4.74 Å². The highest BCUT2D eigenvalue weighted by molar-refractivity contribution is 6.22. The molecule has 0 saturated carbocycles. The van der Waals surface area contributed by atoms with E-state index in [1.54, 1.807) is 23.1 Å².